The van der Waals surface area contributed by atoms with Gasteiger partial charge in [0.15, 0.2) is 11.5 Å². The van der Waals surface area contributed by atoms with Gasteiger partial charge in [-0.2, -0.15) is 0 Å². The lowest BCUT2D eigenvalue weighted by Crippen LogP contribution is -2.31. The summed E-state index contributed by atoms with van der Waals surface area (Å²) in [7, 11) is 1.55. The number of amides is 1. The molecule has 1 heterocycles. The molecule has 0 aliphatic carbocycles. The Morgan fingerprint density at radius 1 is 1.52 bits per heavy atom. The number of hydrogen-bond donors (Lipinski definition) is 1. The first kappa shape index (κ1) is 16.1. The van der Waals surface area contributed by atoms with Crippen LogP contribution in [0.1, 0.15) is 30.1 Å². The normalized spacial score (nSPS) is 17.6. The van der Waals surface area contributed by atoms with Crippen LogP contribution < -0.4 is 14.8 Å². The Morgan fingerprint density at radius 2 is 2.33 bits per heavy atom. The van der Waals surface area contributed by atoms with Crippen molar-refractivity contribution in [1.82, 2.24) is 5.32 Å². The van der Waals surface area contributed by atoms with Gasteiger partial charge in [-0.25, -0.2) is 0 Å². The summed E-state index contributed by atoms with van der Waals surface area (Å²) in [6.45, 7) is 3.74. The lowest BCUT2D eigenvalue weighted by molar-refractivity contribution is 0.0857. The summed E-state index contributed by atoms with van der Waals surface area (Å²) >= 11 is 3.42. The first-order valence-corrected chi connectivity index (χ1v) is 7.85. The van der Waals surface area contributed by atoms with Crippen molar-refractivity contribution < 1.29 is 19.0 Å². The maximum Gasteiger partial charge on any atom is 0.251 e. The molecule has 2 rings (SSSR count). The molecular formula is C15H20BrNO4. The minimum atomic E-state index is -0.146. The summed E-state index contributed by atoms with van der Waals surface area (Å²) in [6, 6.07) is 3.42. The fraction of sp³-hybridized carbons (Fsp3) is 0.533. The molecule has 1 aliphatic rings. The lowest BCUT2D eigenvalue weighted by atomic mass is 10.1. The van der Waals surface area contributed by atoms with Crippen molar-refractivity contribution in [3.63, 3.8) is 0 Å². The van der Waals surface area contributed by atoms with Crippen molar-refractivity contribution in [1.29, 1.82) is 0 Å². The molecule has 1 amide bonds. The summed E-state index contributed by atoms with van der Waals surface area (Å²) in [5, 5.41) is 2.89. The Bertz CT molecular complexity index is 501. The number of nitrogens with one attached hydrogen (secondary N) is 1. The topological polar surface area (TPSA) is 56.8 Å². The first-order chi connectivity index (χ1) is 10.2. The van der Waals surface area contributed by atoms with E-state index in [-0.39, 0.29) is 12.0 Å². The van der Waals surface area contributed by atoms with Crippen LogP contribution >= 0.6 is 15.9 Å². The number of hydrogen-bond acceptors (Lipinski definition) is 4. The second-order valence-corrected chi connectivity index (χ2v) is 5.62. The molecule has 1 aliphatic heterocycles. The van der Waals surface area contributed by atoms with Gasteiger partial charge in [-0.1, -0.05) is 0 Å². The molecule has 0 radical (unpaired) electrons. The first-order valence-electron chi connectivity index (χ1n) is 7.05. The Kier molecular flexibility index (Phi) is 5.87. The SMILES string of the molecule is CCOc1c(Br)cc(C(=O)NC[C@H]2CCCO2)cc1OC. The summed E-state index contributed by atoms with van der Waals surface area (Å²) in [6.07, 6.45) is 2.18. The van der Waals surface area contributed by atoms with Crippen LogP contribution in [0.15, 0.2) is 16.6 Å². The molecule has 1 aromatic rings. The van der Waals surface area contributed by atoms with Crippen molar-refractivity contribution in [3.05, 3.63) is 22.2 Å². The van der Waals surface area contributed by atoms with Crippen molar-refractivity contribution in [2.24, 2.45) is 0 Å². The van der Waals surface area contributed by atoms with Gasteiger partial charge in [-0.3, -0.25) is 4.79 Å². The average molecular weight is 358 g/mol. The highest BCUT2D eigenvalue weighted by Gasteiger charge is 2.18. The van der Waals surface area contributed by atoms with Gasteiger partial charge in [0.2, 0.25) is 0 Å². The average Bonchev–Trinajstić information content (AvgIpc) is 3.00. The monoisotopic (exact) mass is 357 g/mol. The molecule has 1 fully saturated rings. The van der Waals surface area contributed by atoms with Crippen molar-refractivity contribution in [3.8, 4) is 11.5 Å². The number of benzene rings is 1. The third-order valence-electron chi connectivity index (χ3n) is 3.29. The van der Waals surface area contributed by atoms with Crippen LogP contribution in [-0.4, -0.2) is 38.9 Å². The fourth-order valence-electron chi connectivity index (χ4n) is 2.25. The summed E-state index contributed by atoms with van der Waals surface area (Å²) in [4.78, 5) is 12.2. The number of rotatable bonds is 6. The van der Waals surface area contributed by atoms with Crippen molar-refractivity contribution in [2.45, 2.75) is 25.9 Å². The summed E-state index contributed by atoms with van der Waals surface area (Å²) < 4.78 is 17.0. The molecule has 1 saturated heterocycles. The molecule has 0 spiro atoms. The van der Waals surface area contributed by atoms with Crippen molar-refractivity contribution >= 4 is 21.8 Å². The molecule has 21 heavy (non-hydrogen) atoms. The minimum Gasteiger partial charge on any atom is -0.493 e. The standard InChI is InChI=1S/C15H20BrNO4/c1-3-20-14-12(16)7-10(8-13(14)19-2)15(18)17-9-11-5-4-6-21-11/h7-8,11H,3-6,9H2,1-2H3,(H,17,18)/t11-/m1/s1. The maximum atomic E-state index is 12.2. The van der Waals surface area contributed by atoms with Crippen LogP contribution in [0.2, 0.25) is 0 Å². The van der Waals surface area contributed by atoms with Gasteiger partial charge < -0.3 is 19.5 Å². The number of carbonyl (C=O) groups is 1. The Morgan fingerprint density at radius 3 is 2.95 bits per heavy atom. The van der Waals surface area contributed by atoms with E-state index in [2.05, 4.69) is 21.2 Å². The maximum absolute atomic E-state index is 12.2. The van der Waals surface area contributed by atoms with E-state index < -0.39 is 0 Å². The second kappa shape index (κ2) is 7.66. The van der Waals surface area contributed by atoms with E-state index in [9.17, 15) is 4.79 Å². The molecule has 1 aromatic carbocycles. The summed E-state index contributed by atoms with van der Waals surface area (Å²) in [5.41, 5.74) is 0.528. The molecule has 6 heteroatoms. The Hall–Kier alpha value is -1.27. The fourth-order valence-corrected chi connectivity index (χ4v) is 2.81. The highest BCUT2D eigenvalue weighted by atomic mass is 79.9. The minimum absolute atomic E-state index is 0.127. The smallest absolute Gasteiger partial charge is 0.251 e. The zero-order valence-corrected chi connectivity index (χ0v) is 13.9. The summed E-state index contributed by atoms with van der Waals surface area (Å²) in [5.74, 6) is 0.997. The highest BCUT2D eigenvalue weighted by molar-refractivity contribution is 9.10. The van der Waals surface area contributed by atoms with E-state index in [1.807, 2.05) is 6.92 Å². The van der Waals surface area contributed by atoms with Crippen LogP contribution in [0.5, 0.6) is 11.5 Å². The number of methoxy groups -OCH3 is 1. The molecule has 1 N–H and O–H groups in total. The molecule has 0 saturated carbocycles. The third kappa shape index (κ3) is 4.11. The Balaban J connectivity index is 2.07. The highest BCUT2D eigenvalue weighted by Crippen LogP contribution is 2.36. The quantitative estimate of drug-likeness (QED) is 0.850. The zero-order chi connectivity index (χ0) is 15.2. The van der Waals surface area contributed by atoms with E-state index in [0.717, 1.165) is 19.4 Å². The van der Waals surface area contributed by atoms with E-state index in [0.29, 0.717) is 34.7 Å². The Labute approximate surface area is 133 Å². The lowest BCUT2D eigenvalue weighted by Gasteiger charge is -2.14. The molecule has 116 valence electrons. The van der Waals surface area contributed by atoms with Crippen molar-refractivity contribution in [2.75, 3.05) is 26.9 Å². The number of halogens is 1. The molecule has 0 aromatic heterocycles. The molecular weight excluding hydrogens is 338 g/mol. The van der Waals surface area contributed by atoms with Gasteiger partial charge in [-0.15, -0.1) is 0 Å². The van der Waals surface area contributed by atoms with Gasteiger partial charge >= 0.3 is 0 Å². The second-order valence-electron chi connectivity index (χ2n) is 4.77. The van der Waals surface area contributed by atoms with E-state index in [1.54, 1.807) is 19.2 Å². The zero-order valence-electron chi connectivity index (χ0n) is 12.3. The number of ether oxygens (including phenoxy) is 3. The molecule has 0 unspecified atom stereocenters. The predicted molar refractivity (Wildman–Crippen MR) is 83.2 cm³/mol. The van der Waals surface area contributed by atoms with Crippen LogP contribution in [0.25, 0.3) is 0 Å². The van der Waals surface area contributed by atoms with E-state index in [1.165, 1.54) is 0 Å². The molecule has 0 bridgehead atoms. The van der Waals surface area contributed by atoms with Gasteiger partial charge in [0.1, 0.15) is 0 Å². The van der Waals surface area contributed by atoms with E-state index in [4.69, 9.17) is 14.2 Å². The third-order valence-corrected chi connectivity index (χ3v) is 3.88. The van der Waals surface area contributed by atoms with E-state index >= 15 is 0 Å². The van der Waals surface area contributed by atoms with Crippen LogP contribution in [0.4, 0.5) is 0 Å². The van der Waals surface area contributed by atoms with Gasteiger partial charge in [-0.05, 0) is 47.8 Å². The number of carbonyl (C=O) groups excluding carboxylic acids is 1. The van der Waals surface area contributed by atoms with Gasteiger partial charge in [0.05, 0.1) is 24.3 Å². The van der Waals surface area contributed by atoms with Gasteiger partial charge in [0, 0.05) is 18.7 Å². The van der Waals surface area contributed by atoms with Crippen LogP contribution in [0, 0.1) is 0 Å². The largest absolute Gasteiger partial charge is 0.493 e. The predicted octanol–water partition coefficient (Wildman–Crippen LogP) is 2.77. The molecule has 5 nitrogen and oxygen atoms in total. The van der Waals surface area contributed by atoms with Gasteiger partial charge in [0.25, 0.3) is 5.91 Å². The van der Waals surface area contributed by atoms with Crippen LogP contribution in [0.3, 0.4) is 0 Å². The van der Waals surface area contributed by atoms with Crippen LogP contribution in [-0.2, 0) is 4.74 Å². The molecule has 1 atom stereocenters.